The van der Waals surface area contributed by atoms with Gasteiger partial charge in [-0.25, -0.2) is 0 Å². The summed E-state index contributed by atoms with van der Waals surface area (Å²) >= 11 is 3.41. The van der Waals surface area contributed by atoms with E-state index in [1.54, 1.807) is 23.1 Å². The molecule has 0 radical (unpaired) electrons. The number of aryl methyl sites for hydroxylation is 1. The molecule has 3 rings (SSSR count). The molecule has 2 aromatic rings. The minimum Gasteiger partial charge on any atom is -0.292 e. The highest BCUT2D eigenvalue weighted by Gasteiger charge is 2.28. The lowest BCUT2D eigenvalue weighted by atomic mass is 10.1. The second-order valence-corrected chi connectivity index (χ2v) is 7.20. The Morgan fingerprint density at radius 3 is 3.15 bits per heavy atom. The molecule has 1 amide bonds. The number of aromatic nitrogens is 3. The average Bonchev–Trinajstić information content (AvgIpc) is 3.05. The number of thiophene rings is 1. The molecule has 0 bridgehead atoms. The summed E-state index contributed by atoms with van der Waals surface area (Å²) in [6.07, 6.45) is 1.06. The number of anilines is 1. The lowest BCUT2D eigenvalue weighted by molar-refractivity contribution is -0.115. The van der Waals surface area contributed by atoms with E-state index in [1.165, 1.54) is 4.88 Å². The number of nitrogens with zero attached hydrogens (tertiary/aromatic N) is 2. The van der Waals surface area contributed by atoms with Gasteiger partial charge in [-0.2, -0.15) is 4.98 Å². The van der Waals surface area contributed by atoms with Gasteiger partial charge in [0.1, 0.15) is 11.1 Å². The molecule has 106 valence electrons. The molecule has 7 heteroatoms. The van der Waals surface area contributed by atoms with Crippen LogP contribution in [0.3, 0.4) is 0 Å². The van der Waals surface area contributed by atoms with Gasteiger partial charge in [-0.15, -0.1) is 28.2 Å². The van der Waals surface area contributed by atoms with Crippen LogP contribution in [0.25, 0.3) is 0 Å². The lowest BCUT2D eigenvalue weighted by Gasteiger charge is -2.20. The first-order chi connectivity index (χ1) is 9.65. The Morgan fingerprint density at radius 1 is 1.55 bits per heavy atom. The second kappa shape index (κ2) is 5.57. The van der Waals surface area contributed by atoms with Gasteiger partial charge in [0.25, 0.3) is 0 Å². The van der Waals surface area contributed by atoms with Crippen LogP contribution in [-0.4, -0.2) is 26.8 Å². The second-order valence-electron chi connectivity index (χ2n) is 4.99. The fourth-order valence-electron chi connectivity index (χ4n) is 2.13. The first-order valence-corrected chi connectivity index (χ1v) is 8.49. The third-order valence-corrected chi connectivity index (χ3v) is 5.44. The monoisotopic (exact) mass is 308 g/mol. The standard InChI is InChI=1S/C13H16N4OS2/c1-7(2)11-14-13(17-16-11)15-12(18)10-8-3-5-19-9(8)4-6-20-10/h3,5,7,10H,4,6H2,1-2H3,(H2,14,15,16,17,18). The first-order valence-electron chi connectivity index (χ1n) is 6.56. The topological polar surface area (TPSA) is 70.7 Å². The molecule has 1 aliphatic rings. The predicted molar refractivity (Wildman–Crippen MR) is 82.3 cm³/mol. The molecular formula is C13H16N4OS2. The fourth-order valence-corrected chi connectivity index (χ4v) is 4.42. The van der Waals surface area contributed by atoms with Crippen LogP contribution in [0.15, 0.2) is 11.4 Å². The number of amides is 1. The molecule has 3 heterocycles. The number of hydrogen-bond donors (Lipinski definition) is 2. The van der Waals surface area contributed by atoms with E-state index in [0.29, 0.717) is 5.95 Å². The van der Waals surface area contributed by atoms with Crippen molar-refractivity contribution in [1.29, 1.82) is 0 Å². The molecular weight excluding hydrogens is 292 g/mol. The van der Waals surface area contributed by atoms with Crippen molar-refractivity contribution < 1.29 is 4.79 Å². The van der Waals surface area contributed by atoms with E-state index in [1.807, 2.05) is 19.9 Å². The van der Waals surface area contributed by atoms with Crippen LogP contribution >= 0.6 is 23.1 Å². The molecule has 5 nitrogen and oxygen atoms in total. The highest BCUT2D eigenvalue weighted by atomic mass is 32.2. The van der Waals surface area contributed by atoms with Gasteiger partial charge in [0.15, 0.2) is 0 Å². The summed E-state index contributed by atoms with van der Waals surface area (Å²) in [6, 6.07) is 2.05. The van der Waals surface area contributed by atoms with Crippen LogP contribution < -0.4 is 5.32 Å². The van der Waals surface area contributed by atoms with Crippen molar-refractivity contribution in [3.05, 3.63) is 27.7 Å². The molecule has 2 N–H and O–H groups in total. The smallest absolute Gasteiger partial charge is 0.248 e. The van der Waals surface area contributed by atoms with E-state index in [0.717, 1.165) is 23.6 Å². The highest BCUT2D eigenvalue weighted by molar-refractivity contribution is 8.00. The van der Waals surface area contributed by atoms with Crippen molar-refractivity contribution in [3.8, 4) is 0 Å². The third-order valence-electron chi connectivity index (χ3n) is 3.20. The summed E-state index contributed by atoms with van der Waals surface area (Å²) in [5, 5.41) is 11.6. The Balaban J connectivity index is 1.74. The number of hydrogen-bond acceptors (Lipinski definition) is 5. The molecule has 1 aliphatic heterocycles. The first kappa shape index (κ1) is 13.6. The number of fused-ring (bicyclic) bond motifs is 1. The summed E-state index contributed by atoms with van der Waals surface area (Å²) in [5.41, 5.74) is 1.14. The van der Waals surface area contributed by atoms with Crippen molar-refractivity contribution in [1.82, 2.24) is 15.2 Å². The van der Waals surface area contributed by atoms with Crippen LogP contribution in [-0.2, 0) is 11.2 Å². The van der Waals surface area contributed by atoms with E-state index < -0.39 is 0 Å². The van der Waals surface area contributed by atoms with Crippen LogP contribution in [0.5, 0.6) is 0 Å². The Bertz CT molecular complexity index is 619. The van der Waals surface area contributed by atoms with Gasteiger partial charge in [0.05, 0.1) is 0 Å². The molecule has 0 aromatic carbocycles. The maximum atomic E-state index is 12.4. The Morgan fingerprint density at radius 2 is 2.40 bits per heavy atom. The Hall–Kier alpha value is -1.34. The molecule has 0 saturated carbocycles. The van der Waals surface area contributed by atoms with E-state index in [4.69, 9.17) is 0 Å². The predicted octanol–water partition coefficient (Wildman–Crippen LogP) is 2.96. The zero-order valence-corrected chi connectivity index (χ0v) is 13.0. The minimum absolute atomic E-state index is 0.0383. The van der Waals surface area contributed by atoms with Crippen molar-refractivity contribution in [2.24, 2.45) is 0 Å². The van der Waals surface area contributed by atoms with Gasteiger partial charge in [-0.1, -0.05) is 13.8 Å². The average molecular weight is 308 g/mol. The normalized spacial score (nSPS) is 18.1. The van der Waals surface area contributed by atoms with Gasteiger partial charge in [0.2, 0.25) is 11.9 Å². The van der Waals surface area contributed by atoms with Crippen LogP contribution in [0.4, 0.5) is 5.95 Å². The molecule has 0 saturated heterocycles. The van der Waals surface area contributed by atoms with E-state index in [2.05, 4.69) is 25.9 Å². The van der Waals surface area contributed by atoms with Gasteiger partial charge in [0, 0.05) is 10.8 Å². The summed E-state index contributed by atoms with van der Waals surface area (Å²) < 4.78 is 0. The number of carbonyl (C=O) groups is 1. The van der Waals surface area contributed by atoms with Gasteiger partial charge in [-0.05, 0) is 29.2 Å². The summed E-state index contributed by atoms with van der Waals surface area (Å²) in [4.78, 5) is 18.0. The Labute approximate surface area is 125 Å². The van der Waals surface area contributed by atoms with Crippen molar-refractivity contribution >= 4 is 35.0 Å². The fraction of sp³-hybridized carbons (Fsp3) is 0.462. The molecule has 1 unspecified atom stereocenters. The zero-order valence-electron chi connectivity index (χ0n) is 11.3. The van der Waals surface area contributed by atoms with Gasteiger partial charge < -0.3 is 0 Å². The maximum absolute atomic E-state index is 12.4. The summed E-state index contributed by atoms with van der Waals surface area (Å²) in [6.45, 7) is 4.06. The van der Waals surface area contributed by atoms with Crippen molar-refractivity contribution in [2.75, 3.05) is 11.1 Å². The number of thioether (sulfide) groups is 1. The molecule has 0 spiro atoms. The minimum atomic E-state index is -0.147. The number of aromatic amines is 1. The van der Waals surface area contributed by atoms with E-state index >= 15 is 0 Å². The van der Waals surface area contributed by atoms with Crippen molar-refractivity contribution in [2.45, 2.75) is 31.4 Å². The zero-order chi connectivity index (χ0) is 14.1. The third kappa shape index (κ3) is 2.60. The molecule has 0 fully saturated rings. The molecule has 20 heavy (non-hydrogen) atoms. The van der Waals surface area contributed by atoms with Crippen LogP contribution in [0.2, 0.25) is 0 Å². The number of rotatable bonds is 3. The Kier molecular flexibility index (Phi) is 3.80. The molecule has 0 aliphatic carbocycles. The van der Waals surface area contributed by atoms with E-state index in [9.17, 15) is 4.79 Å². The van der Waals surface area contributed by atoms with Crippen molar-refractivity contribution in [3.63, 3.8) is 0 Å². The highest BCUT2D eigenvalue weighted by Crippen LogP contribution is 2.39. The quantitative estimate of drug-likeness (QED) is 0.914. The number of carbonyl (C=O) groups excluding carboxylic acids is 1. The number of nitrogens with one attached hydrogen (secondary N) is 2. The van der Waals surface area contributed by atoms with Crippen LogP contribution in [0.1, 0.15) is 41.3 Å². The molecule has 2 aromatic heterocycles. The maximum Gasteiger partial charge on any atom is 0.248 e. The summed E-state index contributed by atoms with van der Waals surface area (Å²) in [7, 11) is 0. The van der Waals surface area contributed by atoms with Crippen LogP contribution in [0, 0.1) is 0 Å². The van der Waals surface area contributed by atoms with E-state index in [-0.39, 0.29) is 17.1 Å². The lowest BCUT2D eigenvalue weighted by Crippen LogP contribution is -2.22. The summed E-state index contributed by atoms with van der Waals surface area (Å²) in [5.74, 6) is 2.36. The van der Waals surface area contributed by atoms with Gasteiger partial charge >= 0.3 is 0 Å². The largest absolute Gasteiger partial charge is 0.292 e. The molecule has 1 atom stereocenters. The number of H-pyrrole nitrogens is 1. The SMILES string of the molecule is CC(C)c1nc(NC(=O)C2SCCc3sccc32)n[nH]1. The van der Waals surface area contributed by atoms with Gasteiger partial charge in [-0.3, -0.25) is 15.2 Å².